The van der Waals surface area contributed by atoms with E-state index in [-0.39, 0.29) is 28.0 Å². The molecule has 1 aliphatic carbocycles. The van der Waals surface area contributed by atoms with Gasteiger partial charge in [-0.15, -0.1) is 0 Å². The Morgan fingerprint density at radius 1 is 0.884 bits per heavy atom. The average Bonchev–Trinajstić information content (AvgIpc) is 3.40. The first kappa shape index (κ1) is 29.5. The molecule has 2 saturated heterocycles. The molecule has 3 aromatic carbocycles. The third-order valence-electron chi connectivity index (χ3n) is 9.44. The molecule has 2 heterocycles. The van der Waals surface area contributed by atoms with Gasteiger partial charge >= 0.3 is 6.18 Å². The Balaban J connectivity index is 1.06. The zero-order valence-corrected chi connectivity index (χ0v) is 24.3. The molecule has 1 N–H and O–H groups in total. The van der Waals surface area contributed by atoms with Gasteiger partial charge in [0.25, 0.3) is 11.8 Å². The molecule has 2 amide bonds. The van der Waals surface area contributed by atoms with E-state index < -0.39 is 23.5 Å². The van der Waals surface area contributed by atoms with Crippen molar-refractivity contribution in [2.75, 3.05) is 31.1 Å². The number of halogens is 5. The van der Waals surface area contributed by atoms with Crippen LogP contribution in [0.4, 0.5) is 23.2 Å². The molecular weight excluding hydrogens is 582 g/mol. The van der Waals surface area contributed by atoms with Crippen LogP contribution in [-0.4, -0.2) is 42.9 Å². The van der Waals surface area contributed by atoms with E-state index in [2.05, 4.69) is 10.2 Å². The predicted molar refractivity (Wildman–Crippen MR) is 157 cm³/mol. The van der Waals surface area contributed by atoms with E-state index in [1.54, 1.807) is 12.1 Å². The van der Waals surface area contributed by atoms with Gasteiger partial charge in [0.15, 0.2) is 0 Å². The average molecular weight is 614 g/mol. The topological polar surface area (TPSA) is 52.7 Å². The molecule has 3 aromatic rings. The van der Waals surface area contributed by atoms with Gasteiger partial charge in [0, 0.05) is 37.4 Å². The molecule has 10 heteroatoms. The summed E-state index contributed by atoms with van der Waals surface area (Å²) in [5, 5.41) is 3.13. The van der Waals surface area contributed by atoms with Crippen molar-refractivity contribution in [2.45, 2.75) is 50.7 Å². The molecule has 6 rings (SSSR count). The summed E-state index contributed by atoms with van der Waals surface area (Å²) in [6.07, 6.45) is 0.751. The number of hydrogen-bond acceptors (Lipinski definition) is 3. The smallest absolute Gasteiger partial charge is 0.371 e. The summed E-state index contributed by atoms with van der Waals surface area (Å²) in [7, 11) is 0. The van der Waals surface area contributed by atoms with Crippen molar-refractivity contribution in [1.29, 1.82) is 0 Å². The Hall–Kier alpha value is -3.59. The number of nitrogens with zero attached hydrogens (tertiary/aromatic N) is 2. The minimum absolute atomic E-state index is 0.0370. The van der Waals surface area contributed by atoms with Gasteiger partial charge in [0.2, 0.25) is 0 Å². The first-order chi connectivity index (χ1) is 20.5. The van der Waals surface area contributed by atoms with Crippen LogP contribution in [0.3, 0.4) is 0 Å². The van der Waals surface area contributed by atoms with Gasteiger partial charge in [0.1, 0.15) is 5.82 Å². The maximum Gasteiger partial charge on any atom is 0.416 e. The Bertz CT molecular complexity index is 1520. The maximum atomic E-state index is 13.7. The van der Waals surface area contributed by atoms with E-state index in [4.69, 9.17) is 11.6 Å². The number of nitrogens with one attached hydrogen (secondary N) is 1. The summed E-state index contributed by atoms with van der Waals surface area (Å²) < 4.78 is 52.5. The van der Waals surface area contributed by atoms with E-state index in [1.807, 2.05) is 23.1 Å². The van der Waals surface area contributed by atoms with Crippen LogP contribution in [0.5, 0.6) is 0 Å². The lowest BCUT2D eigenvalue weighted by Gasteiger charge is -2.47. The molecule has 2 aliphatic heterocycles. The summed E-state index contributed by atoms with van der Waals surface area (Å²) in [5.74, 6) is -1.03. The Morgan fingerprint density at radius 3 is 2.23 bits per heavy atom. The molecule has 0 saturated carbocycles. The first-order valence-corrected chi connectivity index (χ1v) is 15.0. The van der Waals surface area contributed by atoms with Crippen molar-refractivity contribution in [3.05, 3.63) is 99.3 Å². The van der Waals surface area contributed by atoms with Crippen LogP contribution in [0.25, 0.3) is 0 Å². The fourth-order valence-electron chi connectivity index (χ4n) is 6.76. The van der Waals surface area contributed by atoms with Crippen LogP contribution < -0.4 is 10.2 Å². The lowest BCUT2D eigenvalue weighted by atomic mass is 9.71. The summed E-state index contributed by atoms with van der Waals surface area (Å²) in [6.45, 7) is 2.85. The monoisotopic (exact) mass is 613 g/mol. The minimum atomic E-state index is -4.34. The molecule has 0 radical (unpaired) electrons. The standard InChI is InChI=1S/C33H32ClF4N3O2/c34-28-9-6-24(35)20-27(28)30(42)39-29-10-3-21-1-2-22(19-26(21)29)31(43)41-17-13-32(14-18-41)11-15-40(16-12-32)25-7-4-23(5-8-25)33(36,37)38/h1-2,4-9,19-20,29H,3,10-18H2,(H,39,42). The Morgan fingerprint density at radius 2 is 1.56 bits per heavy atom. The predicted octanol–water partition coefficient (Wildman–Crippen LogP) is 7.44. The lowest BCUT2D eigenvalue weighted by molar-refractivity contribution is -0.137. The van der Waals surface area contributed by atoms with Gasteiger partial charge < -0.3 is 15.1 Å². The number of amides is 2. The van der Waals surface area contributed by atoms with E-state index in [9.17, 15) is 27.2 Å². The zero-order valence-electron chi connectivity index (χ0n) is 23.5. The molecule has 1 spiro atoms. The van der Waals surface area contributed by atoms with Gasteiger partial charge in [-0.3, -0.25) is 9.59 Å². The molecule has 43 heavy (non-hydrogen) atoms. The van der Waals surface area contributed by atoms with Gasteiger partial charge in [-0.1, -0.05) is 17.7 Å². The van der Waals surface area contributed by atoms with E-state index in [0.29, 0.717) is 25.1 Å². The number of piperidine rings is 2. The largest absolute Gasteiger partial charge is 0.416 e. The molecular formula is C33H32ClF4N3O2. The Kier molecular flexibility index (Phi) is 7.87. The molecule has 1 unspecified atom stereocenters. The number of hydrogen-bond donors (Lipinski definition) is 1. The number of alkyl halides is 3. The van der Waals surface area contributed by atoms with Crippen LogP contribution in [0.15, 0.2) is 60.7 Å². The van der Waals surface area contributed by atoms with Crippen LogP contribution in [0.1, 0.15) is 75.6 Å². The second-order valence-corrected chi connectivity index (χ2v) is 12.3. The van der Waals surface area contributed by atoms with Gasteiger partial charge in [0.05, 0.1) is 22.2 Å². The number of aryl methyl sites for hydroxylation is 1. The van der Waals surface area contributed by atoms with E-state index >= 15 is 0 Å². The molecule has 2 fully saturated rings. The quantitative estimate of drug-likeness (QED) is 0.311. The number of fused-ring (bicyclic) bond motifs is 1. The number of carbonyl (C=O) groups is 2. The fraction of sp³-hybridized carbons (Fsp3) is 0.394. The van der Waals surface area contributed by atoms with Crippen molar-refractivity contribution in [1.82, 2.24) is 10.2 Å². The highest BCUT2D eigenvalue weighted by molar-refractivity contribution is 6.33. The molecule has 1 atom stereocenters. The van der Waals surface area contributed by atoms with Gasteiger partial charge in [-0.25, -0.2) is 4.39 Å². The highest BCUT2D eigenvalue weighted by Gasteiger charge is 2.39. The Labute approximate surface area is 252 Å². The molecule has 5 nitrogen and oxygen atoms in total. The fourth-order valence-corrected chi connectivity index (χ4v) is 6.96. The van der Waals surface area contributed by atoms with Crippen molar-refractivity contribution in [3.63, 3.8) is 0 Å². The van der Waals surface area contributed by atoms with Gasteiger partial charge in [-0.05, 0) is 110 Å². The normalized spacial score (nSPS) is 19.8. The number of benzene rings is 3. The van der Waals surface area contributed by atoms with Crippen LogP contribution in [0, 0.1) is 11.2 Å². The van der Waals surface area contributed by atoms with E-state index in [0.717, 1.165) is 80.2 Å². The highest BCUT2D eigenvalue weighted by atomic mass is 35.5. The maximum absolute atomic E-state index is 13.7. The number of rotatable bonds is 4. The molecule has 3 aliphatic rings. The van der Waals surface area contributed by atoms with E-state index in [1.165, 1.54) is 12.1 Å². The van der Waals surface area contributed by atoms with Crippen LogP contribution >= 0.6 is 11.6 Å². The molecule has 0 bridgehead atoms. The summed E-state index contributed by atoms with van der Waals surface area (Å²) in [4.78, 5) is 30.4. The summed E-state index contributed by atoms with van der Waals surface area (Å²) in [6, 6.07) is 14.4. The van der Waals surface area contributed by atoms with Crippen LogP contribution in [0.2, 0.25) is 5.02 Å². The number of likely N-dealkylation sites (tertiary alicyclic amines) is 1. The third kappa shape index (κ3) is 6.09. The summed E-state index contributed by atoms with van der Waals surface area (Å²) >= 11 is 6.12. The van der Waals surface area contributed by atoms with Gasteiger partial charge in [-0.2, -0.15) is 13.2 Å². The van der Waals surface area contributed by atoms with Crippen molar-refractivity contribution in [2.24, 2.45) is 5.41 Å². The van der Waals surface area contributed by atoms with Crippen molar-refractivity contribution >= 4 is 29.1 Å². The van der Waals surface area contributed by atoms with Crippen molar-refractivity contribution < 1.29 is 27.2 Å². The molecule has 226 valence electrons. The SMILES string of the molecule is O=C(NC1CCc2ccc(C(=O)N3CCC4(CC3)CCN(c3ccc(C(F)(F)F)cc3)CC4)cc21)c1cc(F)ccc1Cl. The highest BCUT2D eigenvalue weighted by Crippen LogP contribution is 2.43. The second-order valence-electron chi connectivity index (χ2n) is 11.9. The van der Waals surface area contributed by atoms with Crippen molar-refractivity contribution in [3.8, 4) is 0 Å². The molecule has 0 aromatic heterocycles. The summed E-state index contributed by atoms with van der Waals surface area (Å²) in [5.41, 5.74) is 2.93. The second kappa shape index (κ2) is 11.5. The number of anilines is 1. The first-order valence-electron chi connectivity index (χ1n) is 14.6. The zero-order chi connectivity index (χ0) is 30.4. The lowest BCUT2D eigenvalue weighted by Crippen LogP contribution is -2.48. The third-order valence-corrected chi connectivity index (χ3v) is 9.77. The minimum Gasteiger partial charge on any atom is -0.371 e. The number of carbonyl (C=O) groups excluding carboxylic acids is 2. The van der Waals surface area contributed by atoms with Crippen LogP contribution in [-0.2, 0) is 12.6 Å².